The van der Waals surface area contributed by atoms with Crippen LogP contribution in [0.3, 0.4) is 0 Å². The summed E-state index contributed by atoms with van der Waals surface area (Å²) in [5, 5.41) is 22.0. The minimum absolute atomic E-state index is 0.00434. The molecule has 2 aromatic carbocycles. The smallest absolute Gasteiger partial charge is 0.336 e. The summed E-state index contributed by atoms with van der Waals surface area (Å²) in [4.78, 5) is 28.1. The molecule has 7 heteroatoms. The average Bonchev–Trinajstić information content (AvgIpc) is 3.30. The van der Waals surface area contributed by atoms with Crippen LogP contribution < -0.4 is 0 Å². The molecule has 0 amide bonds. The molecule has 2 heterocycles. The summed E-state index contributed by atoms with van der Waals surface area (Å²) < 4.78 is 6.07. The zero-order valence-corrected chi connectivity index (χ0v) is 20.3. The summed E-state index contributed by atoms with van der Waals surface area (Å²) in [5.41, 5.74) is 3.89. The topological polar surface area (TPSA) is 106 Å². The first kappa shape index (κ1) is 23.5. The number of aromatic nitrogens is 1. The number of carboxylic acids is 1. The van der Waals surface area contributed by atoms with Crippen LogP contribution in [0.4, 0.5) is 5.69 Å². The molecule has 1 N–H and O–H groups in total. The summed E-state index contributed by atoms with van der Waals surface area (Å²) in [6.07, 6.45) is 3.28. The van der Waals surface area contributed by atoms with E-state index in [1.165, 1.54) is 12.1 Å². The Morgan fingerprint density at radius 3 is 2.61 bits per heavy atom. The summed E-state index contributed by atoms with van der Waals surface area (Å²) in [6.45, 7) is 6.51. The maximum absolute atomic E-state index is 12.4. The number of hydrogen-bond donors (Lipinski definition) is 1. The molecular weight excluding hydrogens is 456 g/mol. The number of nitro groups is 1. The second-order valence-corrected chi connectivity index (χ2v) is 10.3. The van der Waals surface area contributed by atoms with Crippen LogP contribution >= 0.6 is 0 Å². The number of nitro benzene ring substituents is 1. The third-order valence-electron chi connectivity index (χ3n) is 6.94. The standard InChI is InChI=1S/C29H26N2O5/c1-29(2,3)19-13-18(15-21-11-12-25(36-21)17-7-6-8-20(14-17)31(34)35)27-23(16-19)26(28(32)33)22-9-4-5-10-24(22)30-27/h4-12,14-15,19H,13,16H2,1-3H3,(H,32,33)/b18-15+. The van der Waals surface area contributed by atoms with Gasteiger partial charge in [-0.1, -0.05) is 51.1 Å². The number of furan rings is 1. The number of non-ortho nitro benzene ring substituents is 1. The van der Waals surface area contributed by atoms with Crippen LogP contribution in [0, 0.1) is 21.4 Å². The van der Waals surface area contributed by atoms with E-state index in [0.29, 0.717) is 45.7 Å². The molecular formula is C29H26N2O5. The largest absolute Gasteiger partial charge is 0.478 e. The van der Waals surface area contributed by atoms with E-state index in [-0.39, 0.29) is 17.0 Å². The van der Waals surface area contributed by atoms with Gasteiger partial charge in [0, 0.05) is 23.1 Å². The number of aromatic carboxylic acids is 1. The van der Waals surface area contributed by atoms with Gasteiger partial charge in [-0.15, -0.1) is 0 Å². The van der Waals surface area contributed by atoms with Crippen molar-refractivity contribution in [3.05, 3.63) is 93.4 Å². The Hall–Kier alpha value is -4.26. The van der Waals surface area contributed by atoms with Crippen molar-refractivity contribution in [2.75, 3.05) is 0 Å². The predicted molar refractivity (Wildman–Crippen MR) is 139 cm³/mol. The lowest BCUT2D eigenvalue weighted by atomic mass is 9.69. The molecule has 4 aromatic rings. The van der Waals surface area contributed by atoms with Crippen molar-refractivity contribution in [1.29, 1.82) is 0 Å². The van der Waals surface area contributed by atoms with Gasteiger partial charge in [0.15, 0.2) is 0 Å². The Labute approximate surface area is 208 Å². The Balaban J connectivity index is 1.65. The maximum atomic E-state index is 12.4. The predicted octanol–water partition coefficient (Wildman–Crippen LogP) is 7.25. The second-order valence-electron chi connectivity index (χ2n) is 10.3. The van der Waals surface area contributed by atoms with Gasteiger partial charge < -0.3 is 9.52 Å². The van der Waals surface area contributed by atoms with Crippen LogP contribution in [0.25, 0.3) is 33.9 Å². The lowest BCUT2D eigenvalue weighted by molar-refractivity contribution is -0.384. The van der Waals surface area contributed by atoms with Crippen LogP contribution in [0.5, 0.6) is 0 Å². The molecule has 5 rings (SSSR count). The van der Waals surface area contributed by atoms with Gasteiger partial charge in [0.1, 0.15) is 11.5 Å². The minimum Gasteiger partial charge on any atom is -0.478 e. The Kier molecular flexibility index (Phi) is 5.71. The molecule has 7 nitrogen and oxygen atoms in total. The van der Waals surface area contributed by atoms with Gasteiger partial charge >= 0.3 is 5.97 Å². The zero-order valence-electron chi connectivity index (χ0n) is 20.3. The quantitative estimate of drug-likeness (QED) is 0.242. The first-order valence-electron chi connectivity index (χ1n) is 11.8. The summed E-state index contributed by atoms with van der Waals surface area (Å²) in [7, 11) is 0. The molecule has 1 aliphatic carbocycles. The van der Waals surface area contributed by atoms with E-state index in [2.05, 4.69) is 20.8 Å². The zero-order chi connectivity index (χ0) is 25.6. The highest BCUT2D eigenvalue weighted by Crippen LogP contribution is 2.45. The van der Waals surface area contributed by atoms with E-state index in [0.717, 1.165) is 17.6 Å². The van der Waals surface area contributed by atoms with Crippen molar-refractivity contribution in [1.82, 2.24) is 4.98 Å². The van der Waals surface area contributed by atoms with Gasteiger partial charge in [0.2, 0.25) is 0 Å². The van der Waals surface area contributed by atoms with Crippen LogP contribution in [0.1, 0.15) is 54.6 Å². The Morgan fingerprint density at radius 2 is 1.89 bits per heavy atom. The van der Waals surface area contributed by atoms with E-state index in [4.69, 9.17) is 9.40 Å². The molecule has 0 spiro atoms. The fraction of sp³-hybridized carbons (Fsp3) is 0.241. The number of nitrogens with zero attached hydrogens (tertiary/aromatic N) is 2. The Bertz CT molecular complexity index is 1540. The molecule has 0 saturated heterocycles. The molecule has 182 valence electrons. The first-order valence-corrected chi connectivity index (χ1v) is 11.8. The normalized spacial score (nSPS) is 16.8. The van der Waals surface area contributed by atoms with E-state index in [1.54, 1.807) is 18.2 Å². The highest BCUT2D eigenvalue weighted by atomic mass is 16.6. The molecule has 2 aromatic heterocycles. The highest BCUT2D eigenvalue weighted by molar-refractivity contribution is 6.05. The first-order chi connectivity index (χ1) is 17.1. The lowest BCUT2D eigenvalue weighted by Gasteiger charge is -2.36. The molecule has 1 aliphatic rings. The highest BCUT2D eigenvalue weighted by Gasteiger charge is 2.35. The van der Waals surface area contributed by atoms with Crippen molar-refractivity contribution < 1.29 is 19.2 Å². The van der Waals surface area contributed by atoms with E-state index in [1.807, 2.05) is 36.4 Å². The SMILES string of the molecule is CC(C)(C)C1C/C(=C\c2ccc(-c3cccc([N+](=O)[O-])c3)o2)c2nc3ccccc3c(C(=O)O)c2C1. The van der Waals surface area contributed by atoms with Crippen LogP contribution in [0.2, 0.25) is 0 Å². The third-order valence-corrected chi connectivity index (χ3v) is 6.94. The van der Waals surface area contributed by atoms with E-state index in [9.17, 15) is 20.0 Å². The number of pyridine rings is 1. The minimum atomic E-state index is -0.954. The number of carboxylic acid groups (broad SMARTS) is 1. The summed E-state index contributed by atoms with van der Waals surface area (Å²) in [6, 6.07) is 17.3. The number of hydrogen-bond acceptors (Lipinski definition) is 5. The molecule has 36 heavy (non-hydrogen) atoms. The van der Waals surface area contributed by atoms with Crippen LogP contribution in [-0.2, 0) is 6.42 Å². The van der Waals surface area contributed by atoms with Crippen LogP contribution in [-0.4, -0.2) is 21.0 Å². The molecule has 0 bridgehead atoms. The monoisotopic (exact) mass is 482 g/mol. The molecule has 1 atom stereocenters. The van der Waals surface area contributed by atoms with Gasteiger partial charge in [-0.3, -0.25) is 10.1 Å². The fourth-order valence-corrected chi connectivity index (χ4v) is 4.91. The van der Waals surface area contributed by atoms with E-state index < -0.39 is 10.9 Å². The number of fused-ring (bicyclic) bond motifs is 2. The number of rotatable bonds is 4. The number of benzene rings is 2. The summed E-state index contributed by atoms with van der Waals surface area (Å²) in [5.74, 6) is 0.360. The lowest BCUT2D eigenvalue weighted by Crippen LogP contribution is -2.28. The number of carbonyl (C=O) groups is 1. The second kappa shape index (κ2) is 8.75. The van der Waals surface area contributed by atoms with Crippen molar-refractivity contribution in [3.63, 3.8) is 0 Å². The molecule has 0 saturated carbocycles. The molecule has 0 fully saturated rings. The van der Waals surface area contributed by atoms with Crippen molar-refractivity contribution in [3.8, 4) is 11.3 Å². The van der Waals surface area contributed by atoms with Gasteiger partial charge in [0.05, 0.1) is 21.7 Å². The van der Waals surface area contributed by atoms with Crippen molar-refractivity contribution in [2.45, 2.75) is 33.6 Å². The van der Waals surface area contributed by atoms with Crippen molar-refractivity contribution >= 4 is 34.2 Å². The van der Waals surface area contributed by atoms with E-state index >= 15 is 0 Å². The third kappa shape index (κ3) is 4.28. The average molecular weight is 483 g/mol. The van der Waals surface area contributed by atoms with Gasteiger partial charge in [-0.2, -0.15) is 0 Å². The molecule has 0 aliphatic heterocycles. The Morgan fingerprint density at radius 1 is 1.11 bits per heavy atom. The number of allylic oxidation sites excluding steroid dienone is 1. The van der Waals surface area contributed by atoms with Gasteiger partial charge in [-0.25, -0.2) is 9.78 Å². The van der Waals surface area contributed by atoms with Crippen LogP contribution in [0.15, 0.2) is 65.1 Å². The summed E-state index contributed by atoms with van der Waals surface area (Å²) >= 11 is 0. The molecule has 1 unspecified atom stereocenters. The molecule has 0 radical (unpaired) electrons. The van der Waals surface area contributed by atoms with Gasteiger partial charge in [-0.05, 0) is 59.6 Å². The van der Waals surface area contributed by atoms with Gasteiger partial charge in [0.25, 0.3) is 5.69 Å². The fourth-order valence-electron chi connectivity index (χ4n) is 4.91. The maximum Gasteiger partial charge on any atom is 0.336 e. The number of para-hydroxylation sites is 1. The van der Waals surface area contributed by atoms with Crippen molar-refractivity contribution in [2.24, 2.45) is 11.3 Å².